The average Bonchev–Trinajstić information content (AvgIpc) is 2.93. The van der Waals surface area contributed by atoms with Crippen molar-refractivity contribution in [1.29, 1.82) is 0 Å². The quantitative estimate of drug-likeness (QED) is 0.603. The Morgan fingerprint density at radius 3 is 3.00 bits per heavy atom. The summed E-state index contributed by atoms with van der Waals surface area (Å²) >= 11 is 3.40. The number of Topliss-reactive ketones (excluding diaryl/α,β-unsaturated/α-hetero) is 1. The molecule has 7 heteroatoms. The van der Waals surface area contributed by atoms with Gasteiger partial charge in [0.1, 0.15) is 4.60 Å². The number of hydrogen-bond donors (Lipinski definition) is 1. The Hall–Kier alpha value is -2.12. The number of ether oxygens (including phenoxy) is 1. The van der Waals surface area contributed by atoms with E-state index >= 15 is 0 Å². The molecule has 0 aromatic carbocycles. The number of ketones is 1. The number of allylic oxidation sites excluding steroid dienone is 1. The second-order valence-electron chi connectivity index (χ2n) is 5.51. The molecule has 0 saturated heterocycles. The Labute approximate surface area is 148 Å². The number of carbonyl (C=O) groups excluding carboxylic acids is 1. The van der Waals surface area contributed by atoms with Crippen molar-refractivity contribution in [2.75, 3.05) is 19.5 Å². The molecule has 0 aliphatic heterocycles. The summed E-state index contributed by atoms with van der Waals surface area (Å²) in [4.78, 5) is 25.2. The highest BCUT2D eigenvalue weighted by Crippen LogP contribution is 2.38. The summed E-state index contributed by atoms with van der Waals surface area (Å²) < 4.78 is 5.75. The molecule has 6 nitrogen and oxygen atoms in total. The van der Waals surface area contributed by atoms with Gasteiger partial charge < -0.3 is 10.5 Å². The van der Waals surface area contributed by atoms with Gasteiger partial charge in [-0.15, -0.1) is 0 Å². The molecule has 2 heterocycles. The number of methoxy groups -OCH3 is 1. The van der Waals surface area contributed by atoms with Gasteiger partial charge >= 0.3 is 0 Å². The number of halogens is 1. The van der Waals surface area contributed by atoms with Crippen molar-refractivity contribution in [3.63, 3.8) is 0 Å². The van der Waals surface area contributed by atoms with Gasteiger partial charge in [0.25, 0.3) is 0 Å². The van der Waals surface area contributed by atoms with Crippen molar-refractivity contribution in [2.45, 2.75) is 19.3 Å². The summed E-state index contributed by atoms with van der Waals surface area (Å²) in [5, 5.41) is 0. The zero-order valence-electron chi connectivity index (χ0n) is 13.3. The van der Waals surface area contributed by atoms with Crippen LogP contribution in [0.25, 0.3) is 5.57 Å². The first-order valence-corrected chi connectivity index (χ1v) is 8.38. The third kappa shape index (κ3) is 3.37. The lowest BCUT2D eigenvalue weighted by atomic mass is 9.99. The Kier molecular flexibility index (Phi) is 5.01. The summed E-state index contributed by atoms with van der Waals surface area (Å²) in [6, 6.07) is 3.69. The maximum absolute atomic E-state index is 12.7. The molecule has 2 aromatic heterocycles. The van der Waals surface area contributed by atoms with Gasteiger partial charge in [-0.05, 0) is 45.6 Å². The smallest absolute Gasteiger partial charge is 0.220 e. The zero-order valence-corrected chi connectivity index (χ0v) is 14.8. The molecule has 0 amide bonds. The fraction of sp³-hybridized carbons (Fsp3) is 0.294. The largest absolute Gasteiger partial charge is 0.385 e. The number of rotatable bonds is 6. The van der Waals surface area contributed by atoms with E-state index in [1.165, 1.54) is 0 Å². The molecule has 0 saturated carbocycles. The van der Waals surface area contributed by atoms with Gasteiger partial charge in [-0.2, -0.15) is 0 Å². The Morgan fingerprint density at radius 2 is 2.25 bits per heavy atom. The highest BCUT2D eigenvalue weighted by Gasteiger charge is 2.28. The van der Waals surface area contributed by atoms with E-state index in [9.17, 15) is 4.79 Å². The summed E-state index contributed by atoms with van der Waals surface area (Å²) in [6.07, 6.45) is 5.08. The zero-order chi connectivity index (χ0) is 17.1. The molecule has 0 radical (unpaired) electrons. The molecule has 124 valence electrons. The van der Waals surface area contributed by atoms with Crippen LogP contribution in [0.15, 0.2) is 34.7 Å². The maximum atomic E-state index is 12.7. The van der Waals surface area contributed by atoms with E-state index in [0.29, 0.717) is 36.2 Å². The summed E-state index contributed by atoms with van der Waals surface area (Å²) in [5.74, 6) is 0.291. The number of fused-ring (bicyclic) bond motifs is 1. The Bertz CT molecular complexity index is 820. The number of nitrogen functional groups attached to an aromatic ring is 1. The van der Waals surface area contributed by atoms with Gasteiger partial charge in [0.2, 0.25) is 5.95 Å². The van der Waals surface area contributed by atoms with Gasteiger partial charge in [-0.25, -0.2) is 15.0 Å². The van der Waals surface area contributed by atoms with Crippen LogP contribution in [-0.2, 0) is 16.0 Å². The average molecular weight is 389 g/mol. The van der Waals surface area contributed by atoms with Crippen LogP contribution in [0, 0.1) is 0 Å². The maximum Gasteiger partial charge on any atom is 0.220 e. The van der Waals surface area contributed by atoms with Gasteiger partial charge in [-0.1, -0.05) is 0 Å². The topological polar surface area (TPSA) is 91.0 Å². The Morgan fingerprint density at radius 1 is 1.42 bits per heavy atom. The minimum atomic E-state index is 0.103. The lowest BCUT2D eigenvalue weighted by Gasteiger charge is -2.08. The minimum Gasteiger partial charge on any atom is -0.385 e. The van der Waals surface area contributed by atoms with Crippen LogP contribution in [0.4, 0.5) is 5.95 Å². The van der Waals surface area contributed by atoms with Crippen LogP contribution in [0.5, 0.6) is 0 Å². The van der Waals surface area contributed by atoms with E-state index in [4.69, 9.17) is 10.5 Å². The third-order valence-electron chi connectivity index (χ3n) is 3.91. The first-order valence-electron chi connectivity index (χ1n) is 7.59. The SMILES string of the molecule is COCCCC(=O)C1=C(c2ccnc(N)n2)c2cc(Br)ncc2C1. The van der Waals surface area contributed by atoms with Crippen LogP contribution < -0.4 is 5.73 Å². The van der Waals surface area contributed by atoms with E-state index in [2.05, 4.69) is 30.9 Å². The van der Waals surface area contributed by atoms with E-state index in [-0.39, 0.29) is 11.7 Å². The Balaban J connectivity index is 2.05. The second kappa shape index (κ2) is 7.19. The van der Waals surface area contributed by atoms with Crippen molar-refractivity contribution in [3.8, 4) is 0 Å². The molecule has 0 atom stereocenters. The van der Waals surface area contributed by atoms with Crippen LogP contribution in [0.1, 0.15) is 29.7 Å². The molecule has 3 rings (SSSR count). The minimum absolute atomic E-state index is 0.103. The second-order valence-corrected chi connectivity index (χ2v) is 6.33. The standard InChI is InChI=1S/C17H17BrN4O2/c1-24-6-2-3-14(23)12-7-10-9-21-15(18)8-11(10)16(12)13-4-5-20-17(19)22-13/h4-5,8-9H,2-3,6-7H2,1H3,(H2,19,20,22). The van der Waals surface area contributed by atoms with Crippen LogP contribution in [0.3, 0.4) is 0 Å². The normalized spacial score (nSPS) is 13.2. The predicted molar refractivity (Wildman–Crippen MR) is 94.2 cm³/mol. The summed E-state index contributed by atoms with van der Waals surface area (Å²) in [6.45, 7) is 0.564. The highest BCUT2D eigenvalue weighted by atomic mass is 79.9. The van der Waals surface area contributed by atoms with E-state index in [0.717, 1.165) is 22.3 Å². The third-order valence-corrected chi connectivity index (χ3v) is 4.34. The predicted octanol–water partition coefficient (Wildman–Crippen LogP) is 2.57. The number of anilines is 1. The number of aromatic nitrogens is 3. The summed E-state index contributed by atoms with van der Waals surface area (Å²) in [5.41, 5.74) is 9.94. The van der Waals surface area contributed by atoms with Gasteiger partial charge in [0.15, 0.2) is 5.78 Å². The number of carbonyl (C=O) groups is 1. The molecule has 1 aliphatic carbocycles. The van der Waals surface area contributed by atoms with Crippen LogP contribution >= 0.6 is 15.9 Å². The highest BCUT2D eigenvalue weighted by molar-refractivity contribution is 9.10. The van der Waals surface area contributed by atoms with Gasteiger partial charge in [-0.3, -0.25) is 4.79 Å². The molecule has 1 aliphatic rings. The number of nitrogens with two attached hydrogens (primary N) is 1. The van der Waals surface area contributed by atoms with Crippen molar-refractivity contribution in [3.05, 3.63) is 51.5 Å². The molecule has 0 fully saturated rings. The number of pyridine rings is 1. The molecule has 2 N–H and O–H groups in total. The van der Waals surface area contributed by atoms with E-state index in [1.807, 2.05) is 6.07 Å². The van der Waals surface area contributed by atoms with Crippen molar-refractivity contribution in [2.24, 2.45) is 0 Å². The molecular formula is C17H17BrN4O2. The monoisotopic (exact) mass is 388 g/mol. The van der Waals surface area contributed by atoms with Gasteiger partial charge in [0, 0.05) is 50.1 Å². The molecular weight excluding hydrogens is 372 g/mol. The first kappa shape index (κ1) is 16.7. The molecule has 0 spiro atoms. The molecule has 24 heavy (non-hydrogen) atoms. The lowest BCUT2D eigenvalue weighted by molar-refractivity contribution is -0.115. The molecule has 0 bridgehead atoms. The van der Waals surface area contributed by atoms with Crippen molar-refractivity contribution in [1.82, 2.24) is 15.0 Å². The molecule has 0 unspecified atom stereocenters. The van der Waals surface area contributed by atoms with Crippen LogP contribution in [0.2, 0.25) is 0 Å². The fourth-order valence-electron chi connectivity index (χ4n) is 2.84. The van der Waals surface area contributed by atoms with Crippen molar-refractivity contribution >= 4 is 33.2 Å². The molecule has 2 aromatic rings. The van der Waals surface area contributed by atoms with E-state index in [1.54, 1.807) is 25.6 Å². The summed E-state index contributed by atoms with van der Waals surface area (Å²) in [7, 11) is 1.63. The van der Waals surface area contributed by atoms with Gasteiger partial charge in [0.05, 0.1) is 5.69 Å². The number of nitrogens with zero attached hydrogens (tertiary/aromatic N) is 3. The first-order chi connectivity index (χ1) is 11.6. The van der Waals surface area contributed by atoms with E-state index < -0.39 is 0 Å². The van der Waals surface area contributed by atoms with Crippen LogP contribution in [-0.4, -0.2) is 34.5 Å². The van der Waals surface area contributed by atoms with Crippen molar-refractivity contribution < 1.29 is 9.53 Å². The number of hydrogen-bond acceptors (Lipinski definition) is 6. The fourth-order valence-corrected chi connectivity index (χ4v) is 3.18. The lowest BCUT2D eigenvalue weighted by Crippen LogP contribution is -2.07.